The van der Waals surface area contributed by atoms with Crippen LogP contribution in [0.2, 0.25) is 0 Å². The second-order valence-electron chi connectivity index (χ2n) is 7.26. The maximum absolute atomic E-state index is 12.5. The molecule has 1 atom stereocenters. The first-order valence-corrected chi connectivity index (χ1v) is 11.3. The smallest absolute Gasteiger partial charge is 0.238 e. The molecule has 3 rings (SSSR count). The molecular weight excluding hydrogens is 388 g/mol. The highest BCUT2D eigenvalue weighted by molar-refractivity contribution is 7.89. The monoisotopic (exact) mass is 416 g/mol. The Kier molecular flexibility index (Phi) is 6.89. The van der Waals surface area contributed by atoms with Crippen molar-refractivity contribution in [3.8, 4) is 0 Å². The molecule has 1 aliphatic heterocycles. The van der Waals surface area contributed by atoms with Crippen molar-refractivity contribution in [3.63, 3.8) is 0 Å². The van der Waals surface area contributed by atoms with Gasteiger partial charge >= 0.3 is 0 Å². The second-order valence-corrected chi connectivity index (χ2v) is 8.83. The molecule has 3 N–H and O–H groups in total. The van der Waals surface area contributed by atoms with E-state index in [4.69, 9.17) is 5.14 Å². The summed E-state index contributed by atoms with van der Waals surface area (Å²) >= 11 is 0. The average Bonchev–Trinajstić information content (AvgIpc) is 2.73. The van der Waals surface area contributed by atoms with E-state index in [1.807, 2.05) is 25.1 Å². The number of nitrogens with two attached hydrogens (primary N) is 1. The summed E-state index contributed by atoms with van der Waals surface area (Å²) in [6, 6.07) is 16.6. The zero-order chi connectivity index (χ0) is 20.9. The van der Waals surface area contributed by atoms with Crippen LogP contribution in [0.25, 0.3) is 0 Å². The van der Waals surface area contributed by atoms with E-state index in [0.29, 0.717) is 13.0 Å². The molecule has 0 aliphatic carbocycles. The van der Waals surface area contributed by atoms with Gasteiger partial charge in [-0.1, -0.05) is 30.3 Å². The van der Waals surface area contributed by atoms with Crippen molar-refractivity contribution in [1.29, 1.82) is 0 Å². The molecule has 1 aliphatic rings. The minimum Gasteiger partial charge on any atom is -0.369 e. The number of hydrogen-bond donors (Lipinski definition) is 2. The van der Waals surface area contributed by atoms with E-state index in [0.717, 1.165) is 31.7 Å². The van der Waals surface area contributed by atoms with Crippen molar-refractivity contribution >= 4 is 21.6 Å². The quantitative estimate of drug-likeness (QED) is 0.707. The number of primary sulfonamides is 1. The molecule has 0 spiro atoms. The third-order valence-corrected chi connectivity index (χ3v) is 6.26. The number of benzene rings is 2. The predicted molar refractivity (Wildman–Crippen MR) is 114 cm³/mol. The van der Waals surface area contributed by atoms with E-state index in [2.05, 4.69) is 27.2 Å². The van der Waals surface area contributed by atoms with Gasteiger partial charge in [-0.3, -0.25) is 9.69 Å². The highest BCUT2D eigenvalue weighted by Crippen LogP contribution is 2.16. The van der Waals surface area contributed by atoms with Gasteiger partial charge in [-0.05, 0) is 43.2 Å². The van der Waals surface area contributed by atoms with Crippen molar-refractivity contribution < 1.29 is 13.2 Å². The van der Waals surface area contributed by atoms with Crippen LogP contribution >= 0.6 is 0 Å². The standard InChI is InChI=1S/C21H28N4O3S/c1-17(24-13-15-25(16-14-24)19-5-3-2-4-6-19)21(26)23-12-11-18-7-9-20(10-8-18)29(22,27)28/h2-10,17H,11-16H2,1H3,(H,23,26)(H2,22,27,28)/t17-/m0/s1. The molecule has 1 fully saturated rings. The Morgan fingerprint density at radius 3 is 2.24 bits per heavy atom. The summed E-state index contributed by atoms with van der Waals surface area (Å²) in [5.41, 5.74) is 2.17. The van der Waals surface area contributed by atoms with Gasteiger partial charge in [0.2, 0.25) is 15.9 Å². The van der Waals surface area contributed by atoms with E-state index in [-0.39, 0.29) is 16.8 Å². The van der Waals surface area contributed by atoms with E-state index in [1.165, 1.54) is 17.8 Å². The molecule has 2 aromatic carbocycles. The lowest BCUT2D eigenvalue weighted by Crippen LogP contribution is -2.54. The van der Waals surface area contributed by atoms with Crippen molar-refractivity contribution in [2.75, 3.05) is 37.6 Å². The lowest BCUT2D eigenvalue weighted by molar-refractivity contribution is -0.125. The molecule has 1 amide bonds. The van der Waals surface area contributed by atoms with E-state index >= 15 is 0 Å². The Labute approximate surface area is 172 Å². The molecule has 7 nitrogen and oxygen atoms in total. The van der Waals surface area contributed by atoms with Gasteiger partial charge < -0.3 is 10.2 Å². The summed E-state index contributed by atoms with van der Waals surface area (Å²) in [5, 5.41) is 8.08. The van der Waals surface area contributed by atoms with Gasteiger partial charge in [0, 0.05) is 38.4 Å². The van der Waals surface area contributed by atoms with Crippen LogP contribution in [0.15, 0.2) is 59.5 Å². The SMILES string of the molecule is C[C@@H](C(=O)NCCc1ccc(S(N)(=O)=O)cc1)N1CCN(c2ccccc2)CC1. The number of nitrogens with zero attached hydrogens (tertiary/aromatic N) is 2. The summed E-state index contributed by atoms with van der Waals surface area (Å²) in [7, 11) is -3.68. The maximum Gasteiger partial charge on any atom is 0.238 e. The van der Waals surface area contributed by atoms with Crippen molar-refractivity contribution in [3.05, 3.63) is 60.2 Å². The molecule has 0 bridgehead atoms. The Bertz CT molecular complexity index is 909. The fourth-order valence-corrected chi connectivity index (χ4v) is 4.01. The molecule has 29 heavy (non-hydrogen) atoms. The Morgan fingerprint density at radius 1 is 1.03 bits per heavy atom. The number of para-hydroxylation sites is 1. The minimum absolute atomic E-state index is 0.0133. The first-order chi connectivity index (χ1) is 13.8. The molecule has 0 saturated carbocycles. The van der Waals surface area contributed by atoms with Crippen LogP contribution < -0.4 is 15.4 Å². The average molecular weight is 417 g/mol. The molecule has 1 heterocycles. The van der Waals surface area contributed by atoms with Gasteiger partial charge in [0.15, 0.2) is 0 Å². The van der Waals surface area contributed by atoms with Gasteiger partial charge in [0.25, 0.3) is 0 Å². The van der Waals surface area contributed by atoms with Crippen LogP contribution in [0, 0.1) is 0 Å². The Hall–Kier alpha value is -2.42. The molecule has 1 saturated heterocycles. The summed E-state index contributed by atoms with van der Waals surface area (Å²) in [6.07, 6.45) is 0.630. The molecule has 0 unspecified atom stereocenters. The topological polar surface area (TPSA) is 95.7 Å². The molecule has 8 heteroatoms. The third kappa shape index (κ3) is 5.79. The van der Waals surface area contributed by atoms with Crippen LogP contribution in [0.3, 0.4) is 0 Å². The Morgan fingerprint density at radius 2 is 1.66 bits per heavy atom. The largest absolute Gasteiger partial charge is 0.369 e. The van der Waals surface area contributed by atoms with E-state index < -0.39 is 10.0 Å². The lowest BCUT2D eigenvalue weighted by atomic mass is 10.1. The number of sulfonamides is 1. The van der Waals surface area contributed by atoms with Gasteiger partial charge in [-0.2, -0.15) is 0 Å². The molecule has 0 radical (unpaired) electrons. The highest BCUT2D eigenvalue weighted by Gasteiger charge is 2.25. The lowest BCUT2D eigenvalue weighted by Gasteiger charge is -2.38. The van der Waals surface area contributed by atoms with Crippen LogP contribution in [-0.2, 0) is 21.2 Å². The zero-order valence-electron chi connectivity index (χ0n) is 16.6. The number of rotatable bonds is 7. The maximum atomic E-state index is 12.5. The fraction of sp³-hybridized carbons (Fsp3) is 0.381. The number of nitrogens with one attached hydrogen (secondary N) is 1. The molecule has 2 aromatic rings. The van der Waals surface area contributed by atoms with Gasteiger partial charge in [0.1, 0.15) is 0 Å². The summed E-state index contributed by atoms with van der Waals surface area (Å²) in [5.74, 6) is 0.0133. The first kappa shape index (κ1) is 21.3. The number of anilines is 1. The third-order valence-electron chi connectivity index (χ3n) is 5.33. The number of amides is 1. The minimum atomic E-state index is -3.68. The number of carbonyl (C=O) groups is 1. The van der Waals surface area contributed by atoms with Gasteiger partial charge in [0.05, 0.1) is 10.9 Å². The van der Waals surface area contributed by atoms with E-state index in [9.17, 15) is 13.2 Å². The second kappa shape index (κ2) is 9.39. The van der Waals surface area contributed by atoms with Crippen molar-refractivity contribution in [1.82, 2.24) is 10.2 Å². The van der Waals surface area contributed by atoms with Gasteiger partial charge in [-0.15, -0.1) is 0 Å². The van der Waals surface area contributed by atoms with Crippen LogP contribution in [0.4, 0.5) is 5.69 Å². The fourth-order valence-electron chi connectivity index (χ4n) is 3.50. The summed E-state index contributed by atoms with van der Waals surface area (Å²) < 4.78 is 22.6. The first-order valence-electron chi connectivity index (χ1n) is 9.78. The van der Waals surface area contributed by atoms with Crippen LogP contribution in [-0.4, -0.2) is 58.0 Å². The molecular formula is C21H28N4O3S. The summed E-state index contributed by atoms with van der Waals surface area (Å²) in [6.45, 7) is 5.93. The highest BCUT2D eigenvalue weighted by atomic mass is 32.2. The molecule has 0 aromatic heterocycles. The van der Waals surface area contributed by atoms with Crippen LogP contribution in [0.5, 0.6) is 0 Å². The predicted octanol–water partition coefficient (Wildman–Crippen LogP) is 1.20. The van der Waals surface area contributed by atoms with E-state index in [1.54, 1.807) is 12.1 Å². The normalized spacial score (nSPS) is 16.4. The number of hydrogen-bond acceptors (Lipinski definition) is 5. The van der Waals surface area contributed by atoms with Crippen LogP contribution in [0.1, 0.15) is 12.5 Å². The van der Waals surface area contributed by atoms with Crippen molar-refractivity contribution in [2.45, 2.75) is 24.3 Å². The number of piperazine rings is 1. The van der Waals surface area contributed by atoms with Gasteiger partial charge in [-0.25, -0.2) is 13.6 Å². The Balaban J connectivity index is 1.43. The number of carbonyl (C=O) groups excluding carboxylic acids is 1. The van der Waals surface area contributed by atoms with Crippen molar-refractivity contribution in [2.24, 2.45) is 5.14 Å². The summed E-state index contributed by atoms with van der Waals surface area (Å²) in [4.78, 5) is 17.1. The zero-order valence-corrected chi connectivity index (χ0v) is 17.4. The molecule has 156 valence electrons.